The third kappa shape index (κ3) is 3.64. The van der Waals surface area contributed by atoms with Crippen molar-refractivity contribution in [1.29, 1.82) is 0 Å². The first-order chi connectivity index (χ1) is 9.11. The van der Waals surface area contributed by atoms with Crippen molar-refractivity contribution in [3.8, 4) is 0 Å². The average molecular weight is 384 g/mol. The molecule has 0 radical (unpaired) electrons. The Kier molecular flexibility index (Phi) is 5.13. The lowest BCUT2D eigenvalue weighted by atomic mass is 10.2. The lowest BCUT2D eigenvalue weighted by Crippen LogP contribution is -2.06. The molecule has 2 aromatic carbocycles. The van der Waals surface area contributed by atoms with E-state index in [0.717, 1.165) is 17.1 Å². The fourth-order valence-electron chi connectivity index (χ4n) is 1.83. The Hall–Kier alpha value is -0.720. The van der Waals surface area contributed by atoms with Gasteiger partial charge in [-0.15, -0.1) is 0 Å². The summed E-state index contributed by atoms with van der Waals surface area (Å²) >= 11 is 4.09. The van der Waals surface area contributed by atoms with Crippen LogP contribution in [0.4, 0.5) is 5.69 Å². The average Bonchev–Trinajstić information content (AvgIpc) is 2.38. The predicted molar refractivity (Wildman–Crippen MR) is 91.6 cm³/mol. The zero-order valence-electron chi connectivity index (χ0n) is 11.0. The van der Waals surface area contributed by atoms with Gasteiger partial charge in [0.25, 0.3) is 0 Å². The summed E-state index contributed by atoms with van der Waals surface area (Å²) in [6.45, 7) is 2.95. The Morgan fingerprint density at radius 1 is 1.21 bits per heavy atom. The first-order valence-corrected chi connectivity index (χ1v) is 7.97. The zero-order valence-corrected chi connectivity index (χ0v) is 14.0. The summed E-state index contributed by atoms with van der Waals surface area (Å²) in [5, 5.41) is 3.20. The van der Waals surface area contributed by atoms with Gasteiger partial charge < -0.3 is 11.1 Å². The minimum absolute atomic E-state index is 0.849. The third-order valence-electron chi connectivity index (χ3n) is 2.85. The van der Waals surface area contributed by atoms with Gasteiger partial charge >= 0.3 is 0 Å². The smallest absolute Gasteiger partial charge is 0.0459 e. The second kappa shape index (κ2) is 6.63. The molecule has 0 aliphatic heterocycles. The number of halogens is 1. The number of nitrogens with two attached hydrogens (primary N) is 1. The van der Waals surface area contributed by atoms with Crippen molar-refractivity contribution in [2.45, 2.75) is 23.3 Å². The summed E-state index contributed by atoms with van der Waals surface area (Å²) in [6.07, 6.45) is 0. The molecule has 19 heavy (non-hydrogen) atoms. The van der Waals surface area contributed by atoms with Gasteiger partial charge in [0.05, 0.1) is 0 Å². The van der Waals surface area contributed by atoms with Gasteiger partial charge in [0.2, 0.25) is 0 Å². The molecule has 4 heteroatoms. The topological polar surface area (TPSA) is 38.0 Å². The summed E-state index contributed by atoms with van der Waals surface area (Å²) in [6, 6.07) is 12.6. The molecule has 0 atom stereocenters. The van der Waals surface area contributed by atoms with E-state index in [9.17, 15) is 0 Å². The van der Waals surface area contributed by atoms with Crippen LogP contribution >= 0.6 is 34.4 Å². The number of hydrogen-bond donors (Lipinski definition) is 2. The summed E-state index contributed by atoms with van der Waals surface area (Å²) < 4.78 is 1.25. The van der Waals surface area contributed by atoms with Gasteiger partial charge in [0.1, 0.15) is 0 Å². The van der Waals surface area contributed by atoms with Gasteiger partial charge in [-0.25, -0.2) is 0 Å². The number of benzene rings is 2. The molecule has 100 valence electrons. The van der Waals surface area contributed by atoms with Crippen LogP contribution in [0.1, 0.15) is 11.1 Å². The zero-order chi connectivity index (χ0) is 13.8. The SMILES string of the molecule is CNCc1ccccc1Sc1cc(I)c(C)cc1N. The highest BCUT2D eigenvalue weighted by Gasteiger charge is 2.08. The number of anilines is 1. The van der Waals surface area contributed by atoms with E-state index in [-0.39, 0.29) is 0 Å². The molecule has 0 fully saturated rings. The monoisotopic (exact) mass is 384 g/mol. The molecule has 0 amide bonds. The van der Waals surface area contributed by atoms with E-state index >= 15 is 0 Å². The molecule has 0 aromatic heterocycles. The fourth-order valence-corrected chi connectivity index (χ4v) is 3.52. The van der Waals surface area contributed by atoms with E-state index in [1.165, 1.54) is 19.6 Å². The molecule has 0 aliphatic carbocycles. The van der Waals surface area contributed by atoms with Gasteiger partial charge in [-0.3, -0.25) is 0 Å². The van der Waals surface area contributed by atoms with E-state index in [1.807, 2.05) is 13.1 Å². The molecule has 2 rings (SSSR count). The Bertz CT molecular complexity index is 584. The summed E-state index contributed by atoms with van der Waals surface area (Å²) in [5.74, 6) is 0. The van der Waals surface area contributed by atoms with E-state index in [0.29, 0.717) is 0 Å². The van der Waals surface area contributed by atoms with Gasteiger partial charge in [-0.05, 0) is 65.9 Å². The largest absolute Gasteiger partial charge is 0.398 e. The van der Waals surface area contributed by atoms with Gasteiger partial charge in [0.15, 0.2) is 0 Å². The van der Waals surface area contributed by atoms with Crippen LogP contribution in [0.15, 0.2) is 46.2 Å². The summed E-state index contributed by atoms with van der Waals surface area (Å²) in [7, 11) is 1.96. The number of nitrogens with one attached hydrogen (secondary N) is 1. The Morgan fingerprint density at radius 3 is 2.68 bits per heavy atom. The van der Waals surface area contributed by atoms with Crippen LogP contribution in [0.2, 0.25) is 0 Å². The van der Waals surface area contributed by atoms with Crippen molar-refractivity contribution < 1.29 is 0 Å². The summed E-state index contributed by atoms with van der Waals surface area (Å²) in [4.78, 5) is 2.38. The van der Waals surface area contributed by atoms with Crippen molar-refractivity contribution in [2.75, 3.05) is 12.8 Å². The predicted octanol–water partition coefficient (Wildman–Crippen LogP) is 4.05. The van der Waals surface area contributed by atoms with Gasteiger partial charge in [-0.1, -0.05) is 30.0 Å². The van der Waals surface area contributed by atoms with Crippen LogP contribution in [-0.4, -0.2) is 7.05 Å². The minimum Gasteiger partial charge on any atom is -0.398 e. The second-order valence-electron chi connectivity index (χ2n) is 4.38. The van der Waals surface area contributed by atoms with E-state index in [4.69, 9.17) is 5.73 Å². The van der Waals surface area contributed by atoms with Gasteiger partial charge in [0, 0.05) is 25.6 Å². The highest BCUT2D eigenvalue weighted by Crippen LogP contribution is 2.36. The number of rotatable bonds is 4. The van der Waals surface area contributed by atoms with Crippen LogP contribution in [0.5, 0.6) is 0 Å². The van der Waals surface area contributed by atoms with Crippen molar-refractivity contribution in [1.82, 2.24) is 5.32 Å². The quantitative estimate of drug-likeness (QED) is 0.617. The maximum atomic E-state index is 6.12. The number of hydrogen-bond acceptors (Lipinski definition) is 3. The molecule has 2 aromatic rings. The lowest BCUT2D eigenvalue weighted by Gasteiger charge is -2.11. The molecule has 0 spiro atoms. The second-order valence-corrected chi connectivity index (χ2v) is 6.63. The number of aryl methyl sites for hydroxylation is 1. The molecular weight excluding hydrogens is 367 g/mol. The van der Waals surface area contributed by atoms with Crippen LogP contribution in [0.3, 0.4) is 0 Å². The first kappa shape index (κ1) is 14.7. The molecule has 0 heterocycles. The molecule has 0 aliphatic rings. The van der Waals surface area contributed by atoms with Crippen LogP contribution in [0.25, 0.3) is 0 Å². The first-order valence-electron chi connectivity index (χ1n) is 6.08. The molecule has 2 nitrogen and oxygen atoms in total. The van der Waals surface area contributed by atoms with Crippen LogP contribution < -0.4 is 11.1 Å². The highest BCUT2D eigenvalue weighted by molar-refractivity contribution is 14.1. The van der Waals surface area contributed by atoms with Crippen molar-refractivity contribution in [3.63, 3.8) is 0 Å². The molecule has 3 N–H and O–H groups in total. The standard InChI is InChI=1S/C15H17IN2S/c1-10-7-13(17)15(8-12(10)16)19-14-6-4-3-5-11(14)9-18-2/h3-8,18H,9,17H2,1-2H3. The highest BCUT2D eigenvalue weighted by atomic mass is 127. The van der Waals surface area contributed by atoms with Gasteiger partial charge in [-0.2, -0.15) is 0 Å². The maximum absolute atomic E-state index is 6.12. The third-order valence-corrected chi connectivity index (χ3v) is 5.20. The van der Waals surface area contributed by atoms with Crippen LogP contribution in [-0.2, 0) is 6.54 Å². The molecule has 0 saturated carbocycles. The molecule has 0 saturated heterocycles. The normalized spacial score (nSPS) is 10.7. The molecule has 0 bridgehead atoms. The summed E-state index contributed by atoms with van der Waals surface area (Å²) in [5.41, 5.74) is 9.50. The number of nitrogen functional groups attached to an aromatic ring is 1. The molecule has 0 unspecified atom stereocenters. The van der Waals surface area contributed by atoms with E-state index in [1.54, 1.807) is 11.8 Å². The van der Waals surface area contributed by atoms with Crippen molar-refractivity contribution in [3.05, 3.63) is 51.1 Å². The van der Waals surface area contributed by atoms with Crippen molar-refractivity contribution >= 4 is 40.0 Å². The Labute approximate surface area is 132 Å². The Balaban J connectivity index is 2.33. The van der Waals surface area contributed by atoms with Crippen molar-refractivity contribution in [2.24, 2.45) is 0 Å². The maximum Gasteiger partial charge on any atom is 0.0459 e. The fraction of sp³-hybridized carbons (Fsp3) is 0.200. The van der Waals surface area contributed by atoms with E-state index < -0.39 is 0 Å². The Morgan fingerprint density at radius 2 is 1.95 bits per heavy atom. The lowest BCUT2D eigenvalue weighted by molar-refractivity contribution is 0.803. The van der Waals surface area contributed by atoms with Crippen LogP contribution in [0, 0.1) is 10.5 Å². The molecular formula is C15H17IN2S. The van der Waals surface area contributed by atoms with E-state index in [2.05, 4.69) is 65.2 Å². The minimum atomic E-state index is 0.849.